The zero-order valence-corrected chi connectivity index (χ0v) is 10.5. The van der Waals surface area contributed by atoms with Crippen LogP contribution in [0.2, 0.25) is 0 Å². The van der Waals surface area contributed by atoms with Gasteiger partial charge in [-0.25, -0.2) is 0 Å². The number of hydrogen-bond acceptors (Lipinski definition) is 2. The highest BCUT2D eigenvalue weighted by Gasteiger charge is 2.23. The van der Waals surface area contributed by atoms with Crippen LogP contribution in [0.25, 0.3) is 0 Å². The van der Waals surface area contributed by atoms with Gasteiger partial charge in [-0.1, -0.05) is 32.1 Å². The first-order valence-corrected chi connectivity index (χ1v) is 7.29. The molecule has 2 rings (SSSR count). The van der Waals surface area contributed by atoms with Crippen LogP contribution in [-0.4, -0.2) is 25.8 Å². The molecule has 1 unspecified atom stereocenters. The van der Waals surface area contributed by atoms with Gasteiger partial charge in [0, 0.05) is 13.2 Å². The van der Waals surface area contributed by atoms with E-state index in [0.29, 0.717) is 6.10 Å². The summed E-state index contributed by atoms with van der Waals surface area (Å²) in [5.74, 6) is 0.825. The molecule has 2 fully saturated rings. The van der Waals surface area contributed by atoms with Crippen molar-refractivity contribution in [3.05, 3.63) is 0 Å². The first-order chi connectivity index (χ1) is 7.97. The van der Waals surface area contributed by atoms with E-state index in [1.54, 1.807) is 0 Å². The van der Waals surface area contributed by atoms with E-state index in [1.165, 1.54) is 64.3 Å². The molecule has 0 amide bonds. The number of hydrogen-bond donors (Lipinski definition) is 1. The first kappa shape index (κ1) is 12.4. The molecule has 94 valence electrons. The molecular weight excluding hydrogens is 198 g/mol. The molecule has 0 aromatic rings. The Labute approximate surface area is 100 Å². The molecule has 1 aliphatic heterocycles. The van der Waals surface area contributed by atoms with Crippen LogP contribution < -0.4 is 5.32 Å². The molecule has 1 heterocycles. The second-order valence-corrected chi connectivity index (χ2v) is 5.43. The fourth-order valence-corrected chi connectivity index (χ4v) is 3.05. The van der Waals surface area contributed by atoms with Gasteiger partial charge in [-0.05, 0) is 38.1 Å². The lowest BCUT2D eigenvalue weighted by Crippen LogP contribution is -2.38. The Balaban J connectivity index is 1.81. The number of nitrogens with one attached hydrogen (secondary N) is 1. The zero-order valence-electron chi connectivity index (χ0n) is 10.5. The van der Waals surface area contributed by atoms with Gasteiger partial charge >= 0.3 is 0 Å². The lowest BCUT2D eigenvalue weighted by molar-refractivity contribution is -0.00273. The fraction of sp³-hybridized carbons (Fsp3) is 1.00. The molecule has 2 aliphatic rings. The maximum absolute atomic E-state index is 6.06. The summed E-state index contributed by atoms with van der Waals surface area (Å²) in [7, 11) is 0. The molecule has 0 aromatic heterocycles. The van der Waals surface area contributed by atoms with Crippen molar-refractivity contribution in [2.75, 3.05) is 19.7 Å². The fourth-order valence-electron chi connectivity index (χ4n) is 3.05. The van der Waals surface area contributed by atoms with Crippen LogP contribution in [0.4, 0.5) is 0 Å². The molecule has 0 radical (unpaired) electrons. The summed E-state index contributed by atoms with van der Waals surface area (Å²) >= 11 is 0. The highest BCUT2D eigenvalue weighted by atomic mass is 16.5. The normalized spacial score (nSPS) is 31.1. The highest BCUT2D eigenvalue weighted by Crippen LogP contribution is 2.26. The van der Waals surface area contributed by atoms with Crippen molar-refractivity contribution < 1.29 is 4.74 Å². The van der Waals surface area contributed by atoms with Crippen LogP contribution >= 0.6 is 0 Å². The van der Waals surface area contributed by atoms with Gasteiger partial charge in [0.25, 0.3) is 0 Å². The second kappa shape index (κ2) is 7.29. The summed E-state index contributed by atoms with van der Waals surface area (Å²) in [6, 6.07) is 0. The van der Waals surface area contributed by atoms with Crippen molar-refractivity contribution in [2.24, 2.45) is 5.92 Å². The van der Waals surface area contributed by atoms with Gasteiger partial charge in [0.05, 0.1) is 6.10 Å². The van der Waals surface area contributed by atoms with Crippen LogP contribution in [0, 0.1) is 5.92 Å². The zero-order chi connectivity index (χ0) is 11.1. The quantitative estimate of drug-likeness (QED) is 0.740. The summed E-state index contributed by atoms with van der Waals surface area (Å²) in [5, 5.41) is 3.55. The minimum atomic E-state index is 0.499. The minimum Gasteiger partial charge on any atom is -0.377 e. The molecule has 1 saturated heterocycles. The molecule has 1 atom stereocenters. The predicted octanol–water partition coefficient (Wildman–Crippen LogP) is 3.12. The van der Waals surface area contributed by atoms with E-state index in [4.69, 9.17) is 4.74 Å². The summed E-state index contributed by atoms with van der Waals surface area (Å²) < 4.78 is 6.06. The van der Waals surface area contributed by atoms with Crippen molar-refractivity contribution >= 4 is 0 Å². The van der Waals surface area contributed by atoms with E-state index in [9.17, 15) is 0 Å². The molecular formula is C14H27NO. The SMILES string of the molecule is C1CCCC(C2CNCCCCO2)CCC1. The Morgan fingerprint density at radius 3 is 2.38 bits per heavy atom. The molecule has 0 bridgehead atoms. The van der Waals surface area contributed by atoms with Gasteiger partial charge in [-0.15, -0.1) is 0 Å². The Bertz CT molecular complexity index is 148. The summed E-state index contributed by atoms with van der Waals surface area (Å²) in [6.07, 6.45) is 13.0. The van der Waals surface area contributed by atoms with Crippen LogP contribution in [0.1, 0.15) is 57.8 Å². The van der Waals surface area contributed by atoms with Gasteiger partial charge in [-0.3, -0.25) is 0 Å². The van der Waals surface area contributed by atoms with Crippen molar-refractivity contribution in [3.63, 3.8) is 0 Å². The van der Waals surface area contributed by atoms with Crippen molar-refractivity contribution in [1.82, 2.24) is 5.32 Å². The van der Waals surface area contributed by atoms with Crippen LogP contribution in [0.5, 0.6) is 0 Å². The summed E-state index contributed by atoms with van der Waals surface area (Å²) in [6.45, 7) is 3.26. The molecule has 0 spiro atoms. The third-order valence-corrected chi connectivity index (χ3v) is 4.10. The monoisotopic (exact) mass is 225 g/mol. The molecule has 2 heteroatoms. The molecule has 1 aliphatic carbocycles. The number of rotatable bonds is 1. The predicted molar refractivity (Wildman–Crippen MR) is 67.7 cm³/mol. The lowest BCUT2D eigenvalue weighted by Gasteiger charge is -2.30. The maximum Gasteiger partial charge on any atom is 0.0727 e. The standard InChI is InChI=1S/C14H27NO/c1-2-4-8-13(9-5-3-1)14-12-15-10-6-7-11-16-14/h13-15H,1-12H2. The molecule has 1 N–H and O–H groups in total. The van der Waals surface area contributed by atoms with E-state index in [2.05, 4.69) is 5.32 Å². The van der Waals surface area contributed by atoms with E-state index in [-0.39, 0.29) is 0 Å². The van der Waals surface area contributed by atoms with Crippen molar-refractivity contribution in [2.45, 2.75) is 63.9 Å². The van der Waals surface area contributed by atoms with Gasteiger partial charge in [-0.2, -0.15) is 0 Å². The smallest absolute Gasteiger partial charge is 0.0727 e. The minimum absolute atomic E-state index is 0.499. The topological polar surface area (TPSA) is 21.3 Å². The number of ether oxygens (including phenoxy) is 1. The average molecular weight is 225 g/mol. The van der Waals surface area contributed by atoms with Gasteiger partial charge < -0.3 is 10.1 Å². The molecule has 0 aromatic carbocycles. The first-order valence-electron chi connectivity index (χ1n) is 7.29. The van der Waals surface area contributed by atoms with Gasteiger partial charge in [0.2, 0.25) is 0 Å². The Hall–Kier alpha value is -0.0800. The molecule has 16 heavy (non-hydrogen) atoms. The highest BCUT2D eigenvalue weighted by molar-refractivity contribution is 4.76. The van der Waals surface area contributed by atoms with Gasteiger partial charge in [0.1, 0.15) is 0 Å². The van der Waals surface area contributed by atoms with Crippen molar-refractivity contribution in [1.29, 1.82) is 0 Å². The van der Waals surface area contributed by atoms with E-state index < -0.39 is 0 Å². The van der Waals surface area contributed by atoms with Crippen LogP contribution in [0.3, 0.4) is 0 Å². The maximum atomic E-state index is 6.06. The third kappa shape index (κ3) is 4.06. The van der Waals surface area contributed by atoms with Crippen molar-refractivity contribution in [3.8, 4) is 0 Å². The van der Waals surface area contributed by atoms with E-state index in [0.717, 1.165) is 19.1 Å². The van der Waals surface area contributed by atoms with E-state index in [1.807, 2.05) is 0 Å². The second-order valence-electron chi connectivity index (χ2n) is 5.43. The molecule has 1 saturated carbocycles. The third-order valence-electron chi connectivity index (χ3n) is 4.10. The Kier molecular flexibility index (Phi) is 5.64. The Morgan fingerprint density at radius 2 is 1.56 bits per heavy atom. The average Bonchev–Trinajstić information content (AvgIpc) is 2.18. The summed E-state index contributed by atoms with van der Waals surface area (Å²) in [5.41, 5.74) is 0. The van der Waals surface area contributed by atoms with E-state index >= 15 is 0 Å². The molecule has 2 nitrogen and oxygen atoms in total. The van der Waals surface area contributed by atoms with Crippen LogP contribution in [0.15, 0.2) is 0 Å². The lowest BCUT2D eigenvalue weighted by atomic mass is 9.87. The van der Waals surface area contributed by atoms with Gasteiger partial charge in [0.15, 0.2) is 0 Å². The van der Waals surface area contributed by atoms with Crippen LogP contribution in [-0.2, 0) is 4.74 Å². The summed E-state index contributed by atoms with van der Waals surface area (Å²) in [4.78, 5) is 0. The Morgan fingerprint density at radius 1 is 0.812 bits per heavy atom. The largest absolute Gasteiger partial charge is 0.377 e.